The van der Waals surface area contributed by atoms with Crippen molar-refractivity contribution in [1.82, 2.24) is 9.80 Å². The standard InChI is InChI=1S/C26H33FN2O4/c1-3-5-14-28(15-6-4-2)16-8-17-29-23(21-9-7-18-33-21)22(25(31)26(29)32)24(30)19-10-12-20(27)13-11-19/h7,9-13,18,23,30H,3-6,8,14-17H2,1-2H3. The molecule has 1 atom stereocenters. The Labute approximate surface area is 194 Å². The molecule has 7 heteroatoms. The third-order valence-corrected chi connectivity index (χ3v) is 6.00. The van der Waals surface area contributed by atoms with E-state index in [1.165, 1.54) is 35.4 Å². The fraction of sp³-hybridized carbons (Fsp3) is 0.462. The minimum atomic E-state index is -0.815. The van der Waals surface area contributed by atoms with Gasteiger partial charge in [0.1, 0.15) is 23.4 Å². The summed E-state index contributed by atoms with van der Waals surface area (Å²) in [6.07, 6.45) is 6.67. The zero-order valence-corrected chi connectivity index (χ0v) is 19.4. The van der Waals surface area contributed by atoms with Crippen LogP contribution >= 0.6 is 0 Å². The lowest BCUT2D eigenvalue weighted by molar-refractivity contribution is -0.140. The lowest BCUT2D eigenvalue weighted by atomic mass is 9.99. The second-order valence-electron chi connectivity index (χ2n) is 8.42. The van der Waals surface area contributed by atoms with Gasteiger partial charge < -0.3 is 19.3 Å². The van der Waals surface area contributed by atoms with Gasteiger partial charge >= 0.3 is 0 Å². The normalized spacial score (nSPS) is 17.9. The summed E-state index contributed by atoms with van der Waals surface area (Å²) in [5, 5.41) is 10.9. The number of amides is 1. The summed E-state index contributed by atoms with van der Waals surface area (Å²) in [5.41, 5.74) is 0.242. The van der Waals surface area contributed by atoms with Crippen LogP contribution in [-0.2, 0) is 9.59 Å². The molecule has 1 N–H and O–H groups in total. The molecule has 1 aromatic heterocycles. The van der Waals surface area contributed by atoms with Gasteiger partial charge in [0.15, 0.2) is 0 Å². The van der Waals surface area contributed by atoms with E-state index in [9.17, 15) is 19.1 Å². The van der Waals surface area contributed by atoms with Crippen LogP contribution in [0, 0.1) is 5.82 Å². The largest absolute Gasteiger partial charge is 0.507 e. The number of carbonyl (C=O) groups is 2. The van der Waals surface area contributed by atoms with Gasteiger partial charge in [0.2, 0.25) is 0 Å². The second-order valence-corrected chi connectivity index (χ2v) is 8.42. The van der Waals surface area contributed by atoms with Gasteiger partial charge in [0, 0.05) is 12.1 Å². The molecule has 2 aromatic rings. The number of hydrogen-bond acceptors (Lipinski definition) is 5. The topological polar surface area (TPSA) is 74.0 Å². The Balaban J connectivity index is 1.83. The first-order chi connectivity index (χ1) is 16.0. The number of ketones is 1. The number of halogens is 1. The van der Waals surface area contributed by atoms with Crippen LogP contribution in [-0.4, -0.2) is 52.8 Å². The molecule has 0 spiro atoms. The Morgan fingerprint density at radius 1 is 1.03 bits per heavy atom. The van der Waals surface area contributed by atoms with Gasteiger partial charge in [-0.1, -0.05) is 26.7 Å². The van der Waals surface area contributed by atoms with E-state index >= 15 is 0 Å². The van der Waals surface area contributed by atoms with Gasteiger partial charge in [-0.3, -0.25) is 9.59 Å². The minimum absolute atomic E-state index is 0.0321. The molecular formula is C26H33FN2O4. The SMILES string of the molecule is CCCCN(CCCC)CCCN1C(=O)C(=O)C(=C(O)c2ccc(F)cc2)C1c1ccco1. The average Bonchev–Trinajstić information content (AvgIpc) is 3.43. The summed E-state index contributed by atoms with van der Waals surface area (Å²) in [6, 6.07) is 7.74. The number of rotatable bonds is 12. The van der Waals surface area contributed by atoms with Gasteiger partial charge in [0.25, 0.3) is 11.7 Å². The van der Waals surface area contributed by atoms with Crippen LogP contribution in [0.25, 0.3) is 5.76 Å². The third-order valence-electron chi connectivity index (χ3n) is 6.00. The van der Waals surface area contributed by atoms with Crippen molar-refractivity contribution >= 4 is 17.4 Å². The summed E-state index contributed by atoms with van der Waals surface area (Å²) >= 11 is 0. The van der Waals surface area contributed by atoms with Crippen LogP contribution in [0.2, 0.25) is 0 Å². The van der Waals surface area contributed by atoms with Crippen LogP contribution in [0.3, 0.4) is 0 Å². The fourth-order valence-corrected chi connectivity index (χ4v) is 4.18. The number of unbranched alkanes of at least 4 members (excludes halogenated alkanes) is 2. The molecule has 33 heavy (non-hydrogen) atoms. The maximum absolute atomic E-state index is 13.3. The minimum Gasteiger partial charge on any atom is -0.507 e. The summed E-state index contributed by atoms with van der Waals surface area (Å²) in [5.74, 6) is -1.79. The van der Waals surface area contributed by atoms with Gasteiger partial charge in [-0.25, -0.2) is 4.39 Å². The lowest BCUT2D eigenvalue weighted by Crippen LogP contribution is -2.34. The highest BCUT2D eigenvalue weighted by molar-refractivity contribution is 6.46. The molecule has 2 heterocycles. The molecule has 3 rings (SSSR count). The van der Waals surface area contributed by atoms with Crippen molar-refractivity contribution in [2.24, 2.45) is 0 Å². The number of aliphatic hydroxyl groups excluding tert-OH is 1. The van der Waals surface area contributed by atoms with Gasteiger partial charge in [-0.2, -0.15) is 0 Å². The van der Waals surface area contributed by atoms with Crippen LogP contribution in [0.5, 0.6) is 0 Å². The third kappa shape index (κ3) is 5.90. The number of carbonyl (C=O) groups excluding carboxylic acids is 2. The molecule has 178 valence electrons. The van der Waals surface area contributed by atoms with Crippen molar-refractivity contribution in [3.63, 3.8) is 0 Å². The Morgan fingerprint density at radius 3 is 2.24 bits per heavy atom. The molecule has 1 unspecified atom stereocenters. The molecule has 1 aromatic carbocycles. The van der Waals surface area contributed by atoms with E-state index in [4.69, 9.17) is 4.42 Å². The number of Topliss-reactive ketones (excluding diaryl/α,β-unsaturated/α-hetero) is 1. The first-order valence-corrected chi connectivity index (χ1v) is 11.8. The summed E-state index contributed by atoms with van der Waals surface area (Å²) in [6.45, 7) is 7.56. The molecule has 1 saturated heterocycles. The highest BCUT2D eigenvalue weighted by atomic mass is 19.1. The highest BCUT2D eigenvalue weighted by Gasteiger charge is 2.47. The molecule has 0 bridgehead atoms. The molecule has 0 radical (unpaired) electrons. The lowest BCUT2D eigenvalue weighted by Gasteiger charge is -2.26. The number of benzene rings is 1. The average molecular weight is 457 g/mol. The van der Waals surface area contributed by atoms with Gasteiger partial charge in [-0.15, -0.1) is 0 Å². The molecule has 6 nitrogen and oxygen atoms in total. The summed E-state index contributed by atoms with van der Waals surface area (Å²) in [7, 11) is 0. The zero-order chi connectivity index (χ0) is 23.8. The maximum atomic E-state index is 13.3. The van der Waals surface area contributed by atoms with Gasteiger partial charge in [-0.05, 0) is 75.3 Å². The number of furan rings is 1. The van der Waals surface area contributed by atoms with Crippen molar-refractivity contribution in [1.29, 1.82) is 0 Å². The molecular weight excluding hydrogens is 423 g/mol. The van der Waals surface area contributed by atoms with Crippen LogP contribution in [0.15, 0.2) is 52.7 Å². The molecule has 0 aliphatic carbocycles. The van der Waals surface area contributed by atoms with Crippen LogP contribution in [0.4, 0.5) is 4.39 Å². The van der Waals surface area contributed by atoms with E-state index in [1.807, 2.05) is 0 Å². The van der Waals surface area contributed by atoms with Crippen molar-refractivity contribution in [3.05, 3.63) is 65.4 Å². The first kappa shape index (κ1) is 24.7. The van der Waals surface area contributed by atoms with Gasteiger partial charge in [0.05, 0.1) is 11.8 Å². The number of nitrogens with zero attached hydrogens (tertiary/aromatic N) is 2. The van der Waals surface area contributed by atoms with Crippen LogP contribution < -0.4 is 0 Å². The molecule has 1 aliphatic rings. The first-order valence-electron chi connectivity index (χ1n) is 11.8. The van der Waals surface area contributed by atoms with E-state index in [0.717, 1.165) is 45.3 Å². The predicted octanol–water partition coefficient (Wildman–Crippen LogP) is 5.13. The number of likely N-dealkylation sites (tertiary alicyclic amines) is 1. The Bertz CT molecular complexity index is 945. The van der Waals surface area contributed by atoms with E-state index in [1.54, 1.807) is 12.1 Å². The van der Waals surface area contributed by atoms with E-state index in [0.29, 0.717) is 18.7 Å². The quantitative estimate of drug-likeness (QED) is 0.272. The molecule has 1 aliphatic heterocycles. The summed E-state index contributed by atoms with van der Waals surface area (Å²) in [4.78, 5) is 29.8. The van der Waals surface area contributed by atoms with E-state index < -0.39 is 23.5 Å². The van der Waals surface area contributed by atoms with Crippen molar-refractivity contribution in [3.8, 4) is 0 Å². The van der Waals surface area contributed by atoms with Crippen molar-refractivity contribution in [2.45, 2.75) is 52.0 Å². The Hall–Kier alpha value is -2.93. The Kier molecular flexibility index (Phi) is 8.83. The predicted molar refractivity (Wildman–Crippen MR) is 125 cm³/mol. The maximum Gasteiger partial charge on any atom is 0.295 e. The zero-order valence-electron chi connectivity index (χ0n) is 19.4. The molecule has 0 saturated carbocycles. The highest BCUT2D eigenvalue weighted by Crippen LogP contribution is 2.39. The fourth-order valence-electron chi connectivity index (χ4n) is 4.18. The van der Waals surface area contributed by atoms with E-state index in [-0.39, 0.29) is 16.9 Å². The van der Waals surface area contributed by atoms with E-state index in [2.05, 4.69) is 18.7 Å². The molecule has 1 amide bonds. The number of aliphatic hydroxyl groups is 1. The molecule has 1 fully saturated rings. The van der Waals surface area contributed by atoms with Crippen LogP contribution in [0.1, 0.15) is 63.3 Å². The second kappa shape index (κ2) is 11.8. The monoisotopic (exact) mass is 456 g/mol. The summed E-state index contributed by atoms with van der Waals surface area (Å²) < 4.78 is 18.9. The Morgan fingerprint density at radius 2 is 1.67 bits per heavy atom. The smallest absolute Gasteiger partial charge is 0.295 e. The van der Waals surface area contributed by atoms with Crippen molar-refractivity contribution < 1.29 is 23.5 Å². The van der Waals surface area contributed by atoms with Crippen molar-refractivity contribution in [2.75, 3.05) is 26.2 Å². The number of hydrogen-bond donors (Lipinski definition) is 1.